The van der Waals surface area contributed by atoms with Crippen molar-refractivity contribution >= 4 is 11.8 Å². The number of phenols is 2. The summed E-state index contributed by atoms with van der Waals surface area (Å²) in [7, 11) is 0. The number of fused-ring (bicyclic) bond motifs is 8. The average molecular weight is 945 g/mol. The van der Waals surface area contributed by atoms with Crippen LogP contribution >= 0.6 is 0 Å². The molecule has 6 aromatic rings. The van der Waals surface area contributed by atoms with Crippen molar-refractivity contribution in [3.8, 4) is 23.0 Å². The van der Waals surface area contributed by atoms with Crippen LogP contribution in [0.25, 0.3) is 0 Å². The molecule has 0 radical (unpaired) electrons. The van der Waals surface area contributed by atoms with Gasteiger partial charge in [-0.1, -0.05) is 132 Å². The molecule has 0 saturated heterocycles. The van der Waals surface area contributed by atoms with Crippen molar-refractivity contribution in [3.63, 3.8) is 0 Å². The van der Waals surface area contributed by atoms with Crippen LogP contribution in [0.1, 0.15) is 171 Å². The number of benzene rings is 4. The summed E-state index contributed by atoms with van der Waals surface area (Å²) < 4.78 is 13.7. The van der Waals surface area contributed by atoms with Gasteiger partial charge in [0.2, 0.25) is 0 Å². The van der Waals surface area contributed by atoms with Crippen LogP contribution in [-0.2, 0) is 47.3 Å². The van der Waals surface area contributed by atoms with Gasteiger partial charge < -0.3 is 30.3 Å². The molecule has 0 spiro atoms. The molecule has 1 aliphatic carbocycles. The number of carbonyl (C=O) groups is 2. The Labute approximate surface area is 415 Å². The fourth-order valence-electron chi connectivity index (χ4n) is 8.86. The standard InChI is InChI=1S/C60H72N4O6/c1-57(2,3)47-29-39-25-43-33-49(59(7,8)9)35-45(53(43)69-23-21-63-55(67)37-13-17-61-18-14-37)27-41-31-48(58(4,5)6)32-42(52(41)66)28-46-36-50(60(10,11)12)34-44(26-40(30-47)51(39)65)54(46)70-24-22-64-56(68)38-15-19-62-20-16-38/h13-20,29-36,65-66H,21-28H2,1-12H3,(H,63,67)(H,64,68). The molecule has 4 aromatic carbocycles. The van der Waals surface area contributed by atoms with E-state index in [-0.39, 0.29) is 71.3 Å². The fraction of sp³-hybridized carbons (Fsp3) is 0.400. The van der Waals surface area contributed by atoms with Gasteiger partial charge >= 0.3 is 0 Å². The summed E-state index contributed by atoms with van der Waals surface area (Å²) in [6, 6.07) is 24.0. The summed E-state index contributed by atoms with van der Waals surface area (Å²) >= 11 is 0. The zero-order valence-corrected chi connectivity index (χ0v) is 43.3. The van der Waals surface area contributed by atoms with Crippen LogP contribution < -0.4 is 20.1 Å². The number of hydrogen-bond donors (Lipinski definition) is 4. The van der Waals surface area contributed by atoms with Crippen LogP contribution in [0.2, 0.25) is 0 Å². The third-order valence-electron chi connectivity index (χ3n) is 13.2. The van der Waals surface area contributed by atoms with Gasteiger partial charge in [-0.15, -0.1) is 0 Å². The van der Waals surface area contributed by atoms with Gasteiger partial charge in [-0.25, -0.2) is 0 Å². The van der Waals surface area contributed by atoms with Crippen molar-refractivity contribution in [2.45, 2.75) is 130 Å². The number of ether oxygens (including phenoxy) is 2. The largest absolute Gasteiger partial charge is 0.507 e. The molecular formula is C60H72N4O6. The average Bonchev–Trinajstić information content (AvgIpc) is 3.28. The molecule has 0 unspecified atom stereocenters. The molecule has 368 valence electrons. The first-order valence-electron chi connectivity index (χ1n) is 24.5. The van der Waals surface area contributed by atoms with Crippen molar-refractivity contribution in [2.75, 3.05) is 26.3 Å². The minimum absolute atomic E-state index is 0.186. The van der Waals surface area contributed by atoms with E-state index in [9.17, 15) is 19.8 Å². The number of pyridine rings is 2. The van der Waals surface area contributed by atoms with Gasteiger partial charge in [0.25, 0.3) is 11.8 Å². The molecule has 7 rings (SSSR count). The highest BCUT2D eigenvalue weighted by atomic mass is 16.5. The maximum absolute atomic E-state index is 13.1. The van der Waals surface area contributed by atoms with E-state index in [0.29, 0.717) is 48.3 Å². The van der Waals surface area contributed by atoms with E-state index in [4.69, 9.17) is 9.47 Å². The minimum atomic E-state index is -0.265. The SMILES string of the molecule is CC(C)(C)c1cc2c(O)c(c1)Cc1cc(C(C)(C)C)cc(c1OCCNC(=O)c1ccncc1)Cc1cc(C(C)(C)C)cc(c1O)Cc1cc(C(C)(C)C)cc(c1OCCNC(=O)c1ccncc1)C2. The van der Waals surface area contributed by atoms with Crippen LogP contribution in [0.5, 0.6) is 23.0 Å². The topological polar surface area (TPSA) is 143 Å². The Morgan fingerprint density at radius 3 is 0.929 bits per heavy atom. The molecular weight excluding hydrogens is 873 g/mol. The van der Waals surface area contributed by atoms with E-state index in [1.165, 1.54) is 0 Å². The van der Waals surface area contributed by atoms with Crippen LogP contribution in [-0.4, -0.2) is 58.3 Å². The van der Waals surface area contributed by atoms with E-state index in [1.54, 1.807) is 49.1 Å². The molecule has 2 amide bonds. The van der Waals surface area contributed by atoms with Crippen molar-refractivity contribution in [1.29, 1.82) is 0 Å². The number of aromatic nitrogens is 2. The molecule has 2 aromatic heterocycles. The smallest absolute Gasteiger partial charge is 0.251 e. The molecule has 10 nitrogen and oxygen atoms in total. The first-order valence-corrected chi connectivity index (χ1v) is 24.5. The van der Waals surface area contributed by atoms with Crippen molar-refractivity contribution < 1.29 is 29.3 Å². The van der Waals surface area contributed by atoms with E-state index in [1.807, 2.05) is 0 Å². The normalized spacial score (nSPS) is 13.1. The predicted molar refractivity (Wildman–Crippen MR) is 279 cm³/mol. The molecule has 1 aliphatic rings. The lowest BCUT2D eigenvalue weighted by molar-refractivity contribution is 0.0939. The quantitative estimate of drug-likeness (QED) is 0.0993. The second kappa shape index (κ2) is 20.3. The van der Waals surface area contributed by atoms with Gasteiger partial charge in [0.1, 0.15) is 36.2 Å². The molecule has 0 saturated carbocycles. The van der Waals surface area contributed by atoms with Crippen LogP contribution in [0.3, 0.4) is 0 Å². The number of rotatable bonds is 10. The van der Waals surface area contributed by atoms with Gasteiger partial charge in [-0.05, 0) is 113 Å². The second-order valence-corrected chi connectivity index (χ2v) is 22.9. The van der Waals surface area contributed by atoms with Gasteiger partial charge in [-0.2, -0.15) is 0 Å². The Balaban J connectivity index is 1.43. The zero-order chi connectivity index (χ0) is 50.8. The Morgan fingerprint density at radius 1 is 0.443 bits per heavy atom. The van der Waals surface area contributed by atoms with Crippen LogP contribution in [0.4, 0.5) is 0 Å². The number of hydrogen-bond acceptors (Lipinski definition) is 8. The fourth-order valence-corrected chi connectivity index (χ4v) is 8.86. The van der Waals surface area contributed by atoms with E-state index in [0.717, 1.165) is 66.8 Å². The Hall–Kier alpha value is -6.68. The summed E-state index contributed by atoms with van der Waals surface area (Å²) in [6.45, 7) is 27.1. The summed E-state index contributed by atoms with van der Waals surface area (Å²) in [4.78, 5) is 34.3. The Morgan fingerprint density at radius 2 is 0.686 bits per heavy atom. The van der Waals surface area contributed by atoms with E-state index in [2.05, 4.69) is 152 Å². The molecule has 10 heteroatoms. The summed E-state index contributed by atoms with van der Waals surface area (Å²) in [6.07, 6.45) is 7.79. The van der Waals surface area contributed by atoms with Crippen LogP contribution in [0.15, 0.2) is 97.6 Å². The van der Waals surface area contributed by atoms with Crippen LogP contribution in [0, 0.1) is 0 Å². The lowest BCUT2D eigenvalue weighted by atomic mass is 9.79. The monoisotopic (exact) mass is 945 g/mol. The molecule has 4 N–H and O–H groups in total. The van der Waals surface area contributed by atoms with E-state index < -0.39 is 0 Å². The van der Waals surface area contributed by atoms with Crippen molar-refractivity contribution in [2.24, 2.45) is 0 Å². The number of phenolic OH excluding ortho intramolecular Hbond substituents is 2. The number of nitrogens with one attached hydrogen (secondary N) is 2. The number of carbonyl (C=O) groups excluding carboxylic acids is 2. The highest BCUT2D eigenvalue weighted by molar-refractivity contribution is 5.94. The van der Waals surface area contributed by atoms with Crippen molar-refractivity contribution in [3.05, 3.63) is 175 Å². The van der Waals surface area contributed by atoms with Gasteiger partial charge in [0, 0.05) is 61.6 Å². The lowest BCUT2D eigenvalue weighted by Crippen LogP contribution is -2.28. The molecule has 0 fully saturated rings. The summed E-state index contributed by atoms with van der Waals surface area (Å²) in [5.74, 6) is 1.29. The molecule has 0 aliphatic heterocycles. The number of nitrogens with zero attached hydrogens (tertiary/aromatic N) is 2. The van der Waals surface area contributed by atoms with Gasteiger partial charge in [0.15, 0.2) is 0 Å². The molecule has 2 heterocycles. The van der Waals surface area contributed by atoms with Gasteiger partial charge in [-0.3, -0.25) is 19.6 Å². The third kappa shape index (κ3) is 12.2. The molecule has 8 bridgehead atoms. The second-order valence-electron chi connectivity index (χ2n) is 22.9. The number of aromatic hydroxyl groups is 2. The number of amides is 2. The lowest BCUT2D eigenvalue weighted by Gasteiger charge is -2.28. The zero-order valence-electron chi connectivity index (χ0n) is 43.3. The summed E-state index contributed by atoms with van der Waals surface area (Å²) in [5.41, 5.74) is 10.9. The minimum Gasteiger partial charge on any atom is -0.507 e. The predicted octanol–water partition coefficient (Wildman–Crippen LogP) is 11.4. The van der Waals surface area contributed by atoms with Crippen molar-refractivity contribution in [1.82, 2.24) is 20.6 Å². The third-order valence-corrected chi connectivity index (χ3v) is 13.2. The first kappa shape index (κ1) is 51.2. The summed E-state index contributed by atoms with van der Waals surface area (Å²) in [5, 5.41) is 31.3. The first-order chi connectivity index (χ1) is 32.9. The molecule has 0 atom stereocenters. The highest BCUT2D eigenvalue weighted by Gasteiger charge is 2.29. The van der Waals surface area contributed by atoms with Gasteiger partial charge in [0.05, 0.1) is 13.1 Å². The molecule has 70 heavy (non-hydrogen) atoms. The maximum Gasteiger partial charge on any atom is 0.251 e. The Bertz CT molecular complexity index is 2570. The Kier molecular flexibility index (Phi) is 14.9. The van der Waals surface area contributed by atoms with E-state index >= 15 is 0 Å². The highest BCUT2D eigenvalue weighted by Crippen LogP contribution is 2.44. The maximum atomic E-state index is 13.1.